The maximum absolute atomic E-state index is 12.7. The van der Waals surface area contributed by atoms with E-state index in [1.807, 2.05) is 43.3 Å². The number of aliphatic imine (C=N–C) groups is 1. The molecule has 28 heavy (non-hydrogen) atoms. The molecule has 0 saturated heterocycles. The van der Waals surface area contributed by atoms with Gasteiger partial charge in [0.1, 0.15) is 5.82 Å². The van der Waals surface area contributed by atoms with Crippen LogP contribution in [0.1, 0.15) is 13.8 Å². The van der Waals surface area contributed by atoms with E-state index in [4.69, 9.17) is 0 Å². The third-order valence-corrected chi connectivity index (χ3v) is 4.73. The molecule has 4 rings (SSSR count). The highest BCUT2D eigenvalue weighted by Gasteiger charge is 2.28. The number of para-hydroxylation sites is 1. The van der Waals surface area contributed by atoms with Gasteiger partial charge in [0.15, 0.2) is 6.67 Å². The number of halogens is 1. The molecule has 0 bridgehead atoms. The van der Waals surface area contributed by atoms with E-state index in [0.29, 0.717) is 5.69 Å². The standard InChI is InChI=1S/C22H21FN4O/c1-15-12-16(2)27-21(24-15)10-11-26(27)18-7-5-6-17(13-18)19-8-3-4-9-20(19)25-22(28)14-23/h3-10,12-13H,11,14H2,1-2H3,(H,25,28). The molecule has 0 fully saturated rings. The van der Waals surface area contributed by atoms with E-state index in [9.17, 15) is 9.18 Å². The van der Waals surface area contributed by atoms with E-state index in [0.717, 1.165) is 40.6 Å². The zero-order chi connectivity index (χ0) is 19.7. The average Bonchev–Trinajstić information content (AvgIpc) is 3.12. The van der Waals surface area contributed by atoms with E-state index in [2.05, 4.69) is 45.5 Å². The number of benzene rings is 2. The Balaban J connectivity index is 1.68. The molecule has 2 aromatic rings. The second kappa shape index (κ2) is 7.31. The van der Waals surface area contributed by atoms with Crippen LogP contribution in [0.3, 0.4) is 0 Å². The molecular formula is C22H21FN4O. The number of allylic oxidation sites excluding steroid dienone is 2. The number of rotatable bonds is 4. The zero-order valence-corrected chi connectivity index (χ0v) is 15.8. The maximum atomic E-state index is 12.7. The molecule has 0 atom stereocenters. The van der Waals surface area contributed by atoms with Crippen molar-refractivity contribution in [2.24, 2.45) is 4.99 Å². The van der Waals surface area contributed by atoms with Crippen molar-refractivity contribution < 1.29 is 9.18 Å². The Morgan fingerprint density at radius 3 is 2.82 bits per heavy atom. The topological polar surface area (TPSA) is 47.9 Å². The van der Waals surface area contributed by atoms with Crippen LogP contribution in [0.4, 0.5) is 15.8 Å². The fourth-order valence-corrected chi connectivity index (χ4v) is 3.58. The first-order chi connectivity index (χ1) is 13.6. The highest BCUT2D eigenvalue weighted by Crippen LogP contribution is 2.35. The Morgan fingerprint density at radius 1 is 1.18 bits per heavy atom. The summed E-state index contributed by atoms with van der Waals surface area (Å²) in [5.74, 6) is 0.276. The van der Waals surface area contributed by atoms with Gasteiger partial charge in [0.05, 0.1) is 12.2 Å². The fourth-order valence-electron chi connectivity index (χ4n) is 3.58. The van der Waals surface area contributed by atoms with Crippen molar-refractivity contribution in [1.82, 2.24) is 5.01 Å². The van der Waals surface area contributed by atoms with Gasteiger partial charge in [0.2, 0.25) is 0 Å². The molecule has 2 heterocycles. The number of carbonyl (C=O) groups excluding carboxylic acids is 1. The summed E-state index contributed by atoms with van der Waals surface area (Å²) in [6.07, 6.45) is 4.16. The molecule has 2 aromatic carbocycles. The molecule has 1 amide bonds. The number of fused-ring (bicyclic) bond motifs is 1. The number of hydrogen-bond acceptors (Lipinski definition) is 4. The summed E-state index contributed by atoms with van der Waals surface area (Å²) < 4.78 is 12.7. The van der Waals surface area contributed by atoms with Gasteiger partial charge in [-0.15, -0.1) is 0 Å². The molecule has 142 valence electrons. The summed E-state index contributed by atoms with van der Waals surface area (Å²) in [5.41, 5.74) is 5.50. The number of anilines is 2. The van der Waals surface area contributed by atoms with Gasteiger partial charge in [-0.25, -0.2) is 14.4 Å². The van der Waals surface area contributed by atoms with Gasteiger partial charge in [0, 0.05) is 22.7 Å². The fraction of sp³-hybridized carbons (Fsp3) is 0.182. The molecule has 0 radical (unpaired) electrons. The van der Waals surface area contributed by atoms with Crippen molar-refractivity contribution in [1.29, 1.82) is 0 Å². The molecule has 0 unspecified atom stereocenters. The molecule has 5 nitrogen and oxygen atoms in total. The molecule has 2 aliphatic rings. The van der Waals surface area contributed by atoms with E-state index >= 15 is 0 Å². The third kappa shape index (κ3) is 3.29. The number of nitrogens with one attached hydrogen (secondary N) is 1. The van der Waals surface area contributed by atoms with Crippen LogP contribution in [0, 0.1) is 0 Å². The lowest BCUT2D eigenvalue weighted by Crippen LogP contribution is -2.37. The van der Waals surface area contributed by atoms with Crippen LogP contribution >= 0.6 is 0 Å². The van der Waals surface area contributed by atoms with Gasteiger partial charge < -0.3 is 5.32 Å². The lowest BCUT2D eigenvalue weighted by atomic mass is 10.0. The quantitative estimate of drug-likeness (QED) is 0.854. The summed E-state index contributed by atoms with van der Waals surface area (Å²) in [7, 11) is 0. The van der Waals surface area contributed by atoms with Crippen LogP contribution in [0.5, 0.6) is 0 Å². The summed E-state index contributed by atoms with van der Waals surface area (Å²) in [6.45, 7) is 3.74. The number of amides is 1. The van der Waals surface area contributed by atoms with Crippen LogP contribution < -0.4 is 10.3 Å². The van der Waals surface area contributed by atoms with Gasteiger partial charge in [-0.05, 0) is 49.8 Å². The first kappa shape index (κ1) is 18.0. The van der Waals surface area contributed by atoms with Crippen molar-refractivity contribution in [2.75, 3.05) is 23.5 Å². The highest BCUT2D eigenvalue weighted by atomic mass is 19.1. The Labute approximate surface area is 163 Å². The van der Waals surface area contributed by atoms with E-state index in [1.165, 1.54) is 0 Å². The van der Waals surface area contributed by atoms with Crippen molar-refractivity contribution in [3.63, 3.8) is 0 Å². The predicted octanol–water partition coefficient (Wildman–Crippen LogP) is 4.52. The maximum Gasteiger partial charge on any atom is 0.255 e. The number of nitrogens with zero attached hydrogens (tertiary/aromatic N) is 3. The first-order valence-corrected chi connectivity index (χ1v) is 9.13. The summed E-state index contributed by atoms with van der Waals surface area (Å²) >= 11 is 0. The third-order valence-electron chi connectivity index (χ3n) is 4.73. The van der Waals surface area contributed by atoms with E-state index in [1.54, 1.807) is 6.07 Å². The van der Waals surface area contributed by atoms with Crippen LogP contribution in [0.2, 0.25) is 0 Å². The van der Waals surface area contributed by atoms with E-state index in [-0.39, 0.29) is 0 Å². The summed E-state index contributed by atoms with van der Waals surface area (Å²) in [6, 6.07) is 15.5. The van der Waals surface area contributed by atoms with Crippen molar-refractivity contribution in [3.8, 4) is 11.1 Å². The molecule has 2 aliphatic heterocycles. The second-order valence-electron chi connectivity index (χ2n) is 6.77. The predicted molar refractivity (Wildman–Crippen MR) is 111 cm³/mol. The zero-order valence-electron chi connectivity index (χ0n) is 15.8. The van der Waals surface area contributed by atoms with Crippen LogP contribution in [0.25, 0.3) is 11.1 Å². The smallest absolute Gasteiger partial charge is 0.255 e. The normalized spacial score (nSPS) is 15.6. The van der Waals surface area contributed by atoms with Crippen LogP contribution in [0.15, 0.2) is 77.2 Å². The number of carbonyl (C=O) groups is 1. The highest BCUT2D eigenvalue weighted by molar-refractivity contribution is 5.96. The number of hydrogen-bond donors (Lipinski definition) is 1. The Kier molecular flexibility index (Phi) is 4.69. The van der Waals surface area contributed by atoms with Crippen LogP contribution in [-0.4, -0.2) is 29.8 Å². The second-order valence-corrected chi connectivity index (χ2v) is 6.77. The average molecular weight is 376 g/mol. The van der Waals surface area contributed by atoms with Crippen molar-refractivity contribution in [3.05, 3.63) is 72.2 Å². The molecule has 0 aliphatic carbocycles. The van der Waals surface area contributed by atoms with Gasteiger partial charge in [-0.2, -0.15) is 0 Å². The molecule has 0 aromatic heterocycles. The molecule has 6 heteroatoms. The monoisotopic (exact) mass is 376 g/mol. The minimum absolute atomic E-state index is 0.594. The van der Waals surface area contributed by atoms with Gasteiger partial charge in [0.25, 0.3) is 5.91 Å². The van der Waals surface area contributed by atoms with Gasteiger partial charge >= 0.3 is 0 Å². The van der Waals surface area contributed by atoms with Gasteiger partial charge in [-0.1, -0.05) is 30.3 Å². The molecular weight excluding hydrogens is 355 g/mol. The lowest BCUT2D eigenvalue weighted by molar-refractivity contribution is -0.117. The first-order valence-electron chi connectivity index (χ1n) is 9.13. The Bertz CT molecular complexity index is 1020. The number of hydrazine groups is 1. The number of alkyl halides is 1. The molecule has 0 spiro atoms. The summed E-state index contributed by atoms with van der Waals surface area (Å²) in [4.78, 5) is 16.1. The Hall–Kier alpha value is -3.41. The summed E-state index contributed by atoms with van der Waals surface area (Å²) in [5, 5.41) is 6.89. The van der Waals surface area contributed by atoms with E-state index < -0.39 is 12.6 Å². The van der Waals surface area contributed by atoms with Gasteiger partial charge in [-0.3, -0.25) is 9.80 Å². The SMILES string of the molecule is CC1=CC(C)=NC2=CCN(c3cccc(-c4ccccc4NC(=O)CF)c3)N12. The minimum atomic E-state index is -1.04. The lowest BCUT2D eigenvalue weighted by Gasteiger charge is -2.35. The molecule has 0 saturated carbocycles. The molecule has 1 N–H and O–H groups in total. The Morgan fingerprint density at radius 2 is 2.00 bits per heavy atom. The van der Waals surface area contributed by atoms with Crippen molar-refractivity contribution in [2.45, 2.75) is 13.8 Å². The van der Waals surface area contributed by atoms with Crippen LogP contribution in [-0.2, 0) is 4.79 Å². The minimum Gasteiger partial charge on any atom is -0.323 e. The largest absolute Gasteiger partial charge is 0.323 e. The van der Waals surface area contributed by atoms with Crippen molar-refractivity contribution >= 4 is 23.0 Å².